The second-order valence-corrected chi connectivity index (χ2v) is 20.2. The van der Waals surface area contributed by atoms with Crippen LogP contribution < -0.4 is 30.7 Å². The number of carbonyl (C=O) groups is 4. The van der Waals surface area contributed by atoms with Gasteiger partial charge in [0.25, 0.3) is 17.4 Å². The Morgan fingerprint density at radius 2 is 1.51 bits per heavy atom. The first-order valence-corrected chi connectivity index (χ1v) is 23.7. The van der Waals surface area contributed by atoms with Crippen LogP contribution in [-0.4, -0.2) is 113 Å². The lowest BCUT2D eigenvalue weighted by atomic mass is 9.49. The Hall–Kier alpha value is -6.47. The molecule has 5 aliphatic rings. The van der Waals surface area contributed by atoms with Crippen molar-refractivity contribution >= 4 is 57.5 Å². The summed E-state index contributed by atoms with van der Waals surface area (Å²) in [4.78, 5) is 73.7. The van der Waals surface area contributed by atoms with Gasteiger partial charge >= 0.3 is 0 Å². The normalized spacial score (nSPS) is 23.0. The standard InChI is InChI=1S/C50H57ClN10O6/c1-49(2)47(50(3,4)48(49)67-37-11-7-34(29-52)39(51)28-37)54-43(63)32-5-8-35(9-6-32)59-25-23-57(24-26-59)30-31-15-19-60(20-16-31)45(65)33-17-21-58(22-18-33)36-10-12-40-38(27-36)46(66)61(56-55-40)41-13-14-42(62)53-44(41)64/h5-12,27-28,30,33,41,47-48H,13-26H2,1-4H3,(H,54,63)(H,53,62,64). The summed E-state index contributed by atoms with van der Waals surface area (Å²) in [6, 6.07) is 19.5. The second kappa shape index (κ2) is 18.3. The van der Waals surface area contributed by atoms with E-state index in [0.717, 1.165) is 67.9 Å². The number of aromatic nitrogens is 3. The Balaban J connectivity index is 0.714. The number of benzene rings is 3. The molecule has 9 rings (SSSR count). The molecular formula is C50H57ClN10O6. The first kappa shape index (κ1) is 45.7. The molecule has 3 aromatic carbocycles. The molecule has 17 heteroatoms. The third-order valence-corrected chi connectivity index (χ3v) is 15.0. The number of ether oxygens (including phenoxy) is 1. The fourth-order valence-electron chi connectivity index (χ4n) is 11.1. The molecule has 4 aliphatic heterocycles. The molecule has 2 N–H and O–H groups in total. The highest BCUT2D eigenvalue weighted by molar-refractivity contribution is 6.31. The van der Waals surface area contributed by atoms with Gasteiger partial charge in [0.05, 0.1) is 16.0 Å². The van der Waals surface area contributed by atoms with E-state index in [-0.39, 0.29) is 59.5 Å². The number of hydrogen-bond donors (Lipinski definition) is 2. The van der Waals surface area contributed by atoms with Gasteiger partial charge in [0.15, 0.2) is 0 Å². The third-order valence-electron chi connectivity index (χ3n) is 14.7. The number of imide groups is 1. The van der Waals surface area contributed by atoms with Gasteiger partial charge in [-0.15, -0.1) is 5.10 Å². The van der Waals surface area contributed by atoms with Gasteiger partial charge < -0.3 is 29.7 Å². The van der Waals surface area contributed by atoms with Crippen molar-refractivity contribution in [2.45, 2.75) is 84.4 Å². The van der Waals surface area contributed by atoms with Crippen molar-refractivity contribution in [2.24, 2.45) is 16.7 Å². The van der Waals surface area contributed by atoms with Crippen LogP contribution in [-0.2, 0) is 14.4 Å². The van der Waals surface area contributed by atoms with E-state index in [4.69, 9.17) is 16.3 Å². The highest BCUT2D eigenvalue weighted by Gasteiger charge is 2.64. The molecule has 1 aliphatic carbocycles. The number of hydrogen-bond acceptors (Lipinski definition) is 12. The average Bonchev–Trinajstić information content (AvgIpc) is 3.33. The van der Waals surface area contributed by atoms with E-state index in [1.54, 1.807) is 30.3 Å². The van der Waals surface area contributed by atoms with Crippen LogP contribution in [0.4, 0.5) is 11.4 Å². The van der Waals surface area contributed by atoms with Gasteiger partial charge in [0, 0.05) is 105 Å². The molecule has 1 aromatic heterocycles. The fraction of sp³-hybridized carbons (Fsp3) is 0.480. The summed E-state index contributed by atoms with van der Waals surface area (Å²) in [6.07, 6.45) is 5.61. The minimum atomic E-state index is -0.882. The SMILES string of the molecule is CC1(C)C(NC(=O)c2ccc(N3CCN(C=C4CCN(C(=O)C5CCN(c6ccc7nnn(C8CCC(=O)NC8=O)c(=O)c7c6)CC5)CC4)CC3)cc2)C(C)(C)C1Oc1ccc(C#N)c(Cl)c1. The van der Waals surface area contributed by atoms with Gasteiger partial charge in [0.2, 0.25) is 11.8 Å². The Morgan fingerprint density at radius 3 is 2.16 bits per heavy atom. The smallest absolute Gasteiger partial charge is 0.278 e. The van der Waals surface area contributed by atoms with Crippen LogP contribution >= 0.6 is 11.6 Å². The van der Waals surface area contributed by atoms with Crippen molar-refractivity contribution in [3.63, 3.8) is 0 Å². The molecule has 5 heterocycles. The van der Waals surface area contributed by atoms with Crippen LogP contribution in [0.25, 0.3) is 10.9 Å². The molecule has 350 valence electrons. The molecule has 5 fully saturated rings. The minimum absolute atomic E-state index is 0.0490. The highest BCUT2D eigenvalue weighted by atomic mass is 35.5. The second-order valence-electron chi connectivity index (χ2n) is 19.8. The van der Waals surface area contributed by atoms with Crippen LogP contribution in [0.5, 0.6) is 5.75 Å². The monoisotopic (exact) mass is 928 g/mol. The third kappa shape index (κ3) is 9.05. The minimum Gasteiger partial charge on any atom is -0.489 e. The predicted molar refractivity (Wildman–Crippen MR) is 254 cm³/mol. The van der Waals surface area contributed by atoms with Gasteiger partial charge in [-0.05, 0) is 92.9 Å². The molecule has 4 saturated heterocycles. The molecule has 16 nitrogen and oxygen atoms in total. The number of halogens is 1. The number of piperidine rings is 3. The molecule has 0 spiro atoms. The zero-order chi connectivity index (χ0) is 47.2. The lowest BCUT2D eigenvalue weighted by Gasteiger charge is -2.63. The number of nitriles is 1. The molecule has 1 atom stereocenters. The number of rotatable bonds is 9. The Morgan fingerprint density at radius 1 is 0.836 bits per heavy atom. The zero-order valence-electron chi connectivity index (χ0n) is 38.5. The van der Waals surface area contributed by atoms with Crippen molar-refractivity contribution in [3.05, 3.63) is 98.9 Å². The first-order valence-electron chi connectivity index (χ1n) is 23.3. The van der Waals surface area contributed by atoms with Crippen LogP contribution in [0.2, 0.25) is 5.02 Å². The summed E-state index contributed by atoms with van der Waals surface area (Å²) in [5, 5.41) is 23.7. The van der Waals surface area contributed by atoms with Crippen LogP contribution in [0.3, 0.4) is 0 Å². The van der Waals surface area contributed by atoms with Gasteiger partial charge in [0.1, 0.15) is 29.5 Å². The van der Waals surface area contributed by atoms with Gasteiger partial charge in [-0.1, -0.05) is 50.1 Å². The number of nitrogens with zero attached hydrogens (tertiary/aromatic N) is 8. The predicted octanol–water partition coefficient (Wildman–Crippen LogP) is 5.45. The van der Waals surface area contributed by atoms with E-state index >= 15 is 0 Å². The van der Waals surface area contributed by atoms with Gasteiger partial charge in [-0.2, -0.15) is 9.94 Å². The zero-order valence-corrected chi connectivity index (χ0v) is 39.2. The summed E-state index contributed by atoms with van der Waals surface area (Å²) in [7, 11) is 0. The Bertz CT molecular complexity index is 2710. The largest absolute Gasteiger partial charge is 0.489 e. The van der Waals surface area contributed by atoms with E-state index in [9.17, 15) is 29.2 Å². The van der Waals surface area contributed by atoms with Crippen molar-refractivity contribution in [3.8, 4) is 11.8 Å². The maximum atomic E-state index is 13.7. The van der Waals surface area contributed by atoms with Gasteiger partial charge in [-0.25, -0.2) is 0 Å². The molecular weight excluding hydrogens is 872 g/mol. The number of amides is 4. The van der Waals surface area contributed by atoms with E-state index < -0.39 is 17.5 Å². The number of nitrogens with one attached hydrogen (secondary N) is 2. The van der Waals surface area contributed by atoms with E-state index in [1.165, 1.54) is 5.57 Å². The number of likely N-dealkylation sites (tertiary alicyclic amines) is 1. The van der Waals surface area contributed by atoms with Crippen LogP contribution in [0, 0.1) is 28.1 Å². The number of fused-ring (bicyclic) bond motifs is 1. The van der Waals surface area contributed by atoms with Gasteiger partial charge in [-0.3, -0.25) is 29.3 Å². The van der Waals surface area contributed by atoms with E-state index in [0.29, 0.717) is 59.0 Å². The molecule has 1 unspecified atom stereocenters. The van der Waals surface area contributed by atoms with E-state index in [1.807, 2.05) is 35.2 Å². The molecule has 4 aromatic rings. The number of carbonyl (C=O) groups excluding carboxylic acids is 4. The summed E-state index contributed by atoms with van der Waals surface area (Å²) in [5.74, 6) is -0.265. The van der Waals surface area contributed by atoms with Crippen LogP contribution in [0.1, 0.15) is 88.2 Å². The molecule has 4 amide bonds. The van der Waals surface area contributed by atoms with Crippen LogP contribution in [0.15, 0.2) is 77.2 Å². The summed E-state index contributed by atoms with van der Waals surface area (Å²) < 4.78 is 7.47. The van der Waals surface area contributed by atoms with Crippen molar-refractivity contribution in [1.29, 1.82) is 5.26 Å². The lowest BCUT2D eigenvalue weighted by molar-refractivity contribution is -0.164. The first-order chi connectivity index (χ1) is 32.1. The number of piperazine rings is 1. The quantitative estimate of drug-likeness (QED) is 0.203. The fourth-order valence-corrected chi connectivity index (χ4v) is 11.4. The van der Waals surface area contributed by atoms with Crippen molar-refractivity contribution in [2.75, 3.05) is 62.2 Å². The molecule has 0 radical (unpaired) electrons. The molecule has 0 bridgehead atoms. The van der Waals surface area contributed by atoms with Crippen molar-refractivity contribution in [1.82, 2.24) is 35.4 Å². The Kier molecular flexibility index (Phi) is 12.5. The maximum Gasteiger partial charge on any atom is 0.278 e. The molecule has 1 saturated carbocycles. The average molecular weight is 930 g/mol. The van der Waals surface area contributed by atoms with E-state index in [2.05, 4.69) is 75.6 Å². The molecule has 67 heavy (non-hydrogen) atoms. The highest BCUT2D eigenvalue weighted by Crippen LogP contribution is 2.55. The summed E-state index contributed by atoms with van der Waals surface area (Å²) in [5.41, 5.74) is 3.62. The summed E-state index contributed by atoms with van der Waals surface area (Å²) >= 11 is 6.26. The lowest BCUT2D eigenvalue weighted by Crippen LogP contribution is -2.74. The topological polar surface area (TPSA) is 186 Å². The number of anilines is 2. The maximum absolute atomic E-state index is 13.7. The van der Waals surface area contributed by atoms with Crippen molar-refractivity contribution < 1.29 is 23.9 Å². The Labute approximate surface area is 394 Å². The summed E-state index contributed by atoms with van der Waals surface area (Å²) in [6.45, 7) is 14.7.